The maximum absolute atomic E-state index is 14.3. The first-order chi connectivity index (χ1) is 63.8. The van der Waals surface area contributed by atoms with E-state index in [2.05, 4.69) is 445 Å². The van der Waals surface area contributed by atoms with Crippen LogP contribution in [0.5, 0.6) is 0 Å². The third-order valence-corrected chi connectivity index (χ3v) is 27.9. The van der Waals surface area contributed by atoms with Crippen LogP contribution < -0.4 is 0 Å². The van der Waals surface area contributed by atoms with Gasteiger partial charge in [-0.15, -0.1) is 0 Å². The zero-order valence-electron chi connectivity index (χ0n) is 83.4. The number of hydrogen-bond donors (Lipinski definition) is 0. The molecule has 0 heterocycles. The largest absolute Gasteiger partial charge is 0.416 e. The number of benzene rings is 18. The molecule has 0 bridgehead atoms. The third-order valence-electron chi connectivity index (χ3n) is 27.9. The Morgan fingerprint density at radius 2 is 0.257 bits per heavy atom. The lowest BCUT2D eigenvalue weighted by atomic mass is 9.75. The molecular formula is C130H126F6. The van der Waals surface area contributed by atoms with Crippen molar-refractivity contribution >= 4 is 64.6 Å². The molecule has 6 heteroatoms. The van der Waals surface area contributed by atoms with Crippen molar-refractivity contribution in [3.63, 3.8) is 0 Å². The van der Waals surface area contributed by atoms with Gasteiger partial charge in [0, 0.05) is 0 Å². The van der Waals surface area contributed by atoms with Crippen LogP contribution >= 0.6 is 0 Å². The second-order valence-corrected chi connectivity index (χ2v) is 45.9. The summed E-state index contributed by atoms with van der Waals surface area (Å²) in [7, 11) is 0. The molecule has 0 aliphatic rings. The fourth-order valence-corrected chi connectivity index (χ4v) is 19.8. The topological polar surface area (TPSA) is 0 Å². The molecule has 0 aromatic heterocycles. The third kappa shape index (κ3) is 18.5. The summed E-state index contributed by atoms with van der Waals surface area (Å²) in [5.74, 6) is 0. The van der Waals surface area contributed by atoms with Gasteiger partial charge in [0.15, 0.2) is 0 Å². The summed E-state index contributed by atoms with van der Waals surface area (Å²) in [6.45, 7) is 53.8. The maximum atomic E-state index is 14.3. The second kappa shape index (κ2) is 34.7. The van der Waals surface area contributed by atoms with Gasteiger partial charge < -0.3 is 0 Å². The minimum absolute atomic E-state index is 0.0116. The zero-order valence-corrected chi connectivity index (χ0v) is 83.4. The van der Waals surface area contributed by atoms with Crippen molar-refractivity contribution in [2.45, 2.75) is 222 Å². The maximum Gasteiger partial charge on any atom is 0.416 e. The molecule has 0 atom stereocenters. The highest BCUT2D eigenvalue weighted by Gasteiger charge is 2.37. The van der Waals surface area contributed by atoms with Crippen LogP contribution in [0.15, 0.2) is 328 Å². The summed E-state index contributed by atoms with van der Waals surface area (Å²) in [6, 6.07) is 115. The van der Waals surface area contributed by atoms with Gasteiger partial charge in [-0.05, 0) is 312 Å². The molecule has 18 aromatic rings. The molecule has 0 aliphatic carbocycles. The first-order valence-corrected chi connectivity index (χ1v) is 48.0. The molecule has 0 saturated carbocycles. The summed E-state index contributed by atoms with van der Waals surface area (Å²) < 4.78 is 85.9. The Morgan fingerprint density at radius 3 is 0.419 bits per heavy atom. The quantitative estimate of drug-likeness (QED) is 0.0946. The number of alkyl halides is 6. The molecule has 136 heavy (non-hydrogen) atoms. The number of hydrogen-bond acceptors (Lipinski definition) is 0. The van der Waals surface area contributed by atoms with Crippen LogP contribution in [0.1, 0.15) is 222 Å². The molecule has 0 amide bonds. The molecule has 688 valence electrons. The van der Waals surface area contributed by atoms with E-state index >= 15 is 0 Å². The first-order valence-electron chi connectivity index (χ1n) is 48.0. The lowest BCUT2D eigenvalue weighted by Gasteiger charge is -2.28. The average molecular weight is 1800 g/mol. The van der Waals surface area contributed by atoms with Gasteiger partial charge in [-0.2, -0.15) is 26.3 Å². The fourth-order valence-electron chi connectivity index (χ4n) is 19.8. The van der Waals surface area contributed by atoms with Crippen LogP contribution in [0.4, 0.5) is 26.3 Å². The molecular weight excluding hydrogens is 1680 g/mol. The molecule has 0 aliphatic heterocycles. The second-order valence-electron chi connectivity index (χ2n) is 45.9. The van der Waals surface area contributed by atoms with Gasteiger partial charge in [-0.3, -0.25) is 0 Å². The highest BCUT2D eigenvalue weighted by Crippen LogP contribution is 2.59. The summed E-state index contributed by atoms with van der Waals surface area (Å²) in [5.41, 5.74) is 28.2. The van der Waals surface area contributed by atoms with E-state index in [0.29, 0.717) is 11.1 Å². The van der Waals surface area contributed by atoms with Gasteiger partial charge in [0.25, 0.3) is 0 Å². The van der Waals surface area contributed by atoms with Crippen molar-refractivity contribution in [1.29, 1.82) is 0 Å². The monoisotopic (exact) mass is 1800 g/mol. The van der Waals surface area contributed by atoms with Crippen molar-refractivity contribution in [2.24, 2.45) is 0 Å². The van der Waals surface area contributed by atoms with Gasteiger partial charge in [-0.1, -0.05) is 445 Å². The standard InChI is InChI=1S/C70H68.C60H58F6/c1-67(2,3)53-35-31-51(32-36-53)61-57-41-39-55(69(7,8)9)43-59(57)64(50-29-25-48(26-30-50)46-21-17-14-18-22-46)66-62(52-33-37-54(38-34-52)68(4,5)6)58-42-40-56(70(10,11)12)44-60(58)63(65(61)66)49-27-23-47(24-28-49)45-19-15-13-16-20-45;1-55(2,3)39-21-13-35(14-22-39)49-45-31-29-43(57(7,8)9)33-47(45)52(38-19-27-42(28-20-38)60(64,65)66)54-50(36-15-23-40(24-16-36)56(4,5)6)46-32-30-44(58(10,11)12)34-48(46)51(53(49)54)37-17-25-41(26-18-37)59(61,62)63/h13-44H,1-12H3;13-34H,1-12H3. The van der Waals surface area contributed by atoms with E-state index in [0.717, 1.165) is 112 Å². The predicted octanol–water partition coefficient (Wildman–Crippen LogP) is 39.4. The van der Waals surface area contributed by atoms with Crippen molar-refractivity contribution in [3.05, 3.63) is 383 Å². The lowest BCUT2D eigenvalue weighted by Crippen LogP contribution is -2.12. The molecule has 0 fully saturated rings. The van der Waals surface area contributed by atoms with Crippen molar-refractivity contribution in [3.8, 4) is 111 Å². The molecule has 0 unspecified atom stereocenters. The average Bonchev–Trinajstić information content (AvgIpc) is 0.695. The Kier molecular flexibility index (Phi) is 24.2. The molecule has 0 radical (unpaired) electrons. The summed E-state index contributed by atoms with van der Waals surface area (Å²) in [5, 5.41) is 12.7. The zero-order chi connectivity index (χ0) is 97.4. The van der Waals surface area contributed by atoms with Crippen LogP contribution in [0.25, 0.3) is 176 Å². The van der Waals surface area contributed by atoms with Crippen LogP contribution in [0.3, 0.4) is 0 Å². The molecule has 0 nitrogen and oxygen atoms in total. The number of rotatable bonds is 10. The first kappa shape index (κ1) is 94.8. The van der Waals surface area contributed by atoms with Gasteiger partial charge >= 0.3 is 12.4 Å². The Labute approximate surface area is 802 Å². The highest BCUT2D eigenvalue weighted by atomic mass is 19.4. The minimum atomic E-state index is -4.55. The fraction of sp³-hybridized carbons (Fsp3) is 0.262. The Morgan fingerprint density at radius 1 is 0.125 bits per heavy atom. The van der Waals surface area contributed by atoms with E-state index in [1.54, 1.807) is 24.3 Å². The Bertz CT molecular complexity index is 7100. The van der Waals surface area contributed by atoms with Crippen LogP contribution in [0.2, 0.25) is 0 Å². The molecule has 18 rings (SSSR count). The Hall–Kier alpha value is -12.9. The minimum Gasteiger partial charge on any atom is -0.166 e. The normalized spacial score (nSPS) is 12.9. The summed E-state index contributed by atoms with van der Waals surface area (Å²) >= 11 is 0. The lowest BCUT2D eigenvalue weighted by molar-refractivity contribution is -0.138. The van der Waals surface area contributed by atoms with Crippen LogP contribution in [-0.2, 0) is 55.7 Å². The van der Waals surface area contributed by atoms with Gasteiger partial charge in [-0.25, -0.2) is 0 Å². The molecule has 0 saturated heterocycles. The SMILES string of the molecule is CC(C)(C)c1ccc(-c2c3ccc(C(C)(C)C)cc3c(-c3ccc(-c4ccccc4)cc3)c3c(-c4ccc(C(C)(C)C)cc4)c4ccc(C(C)(C)C)cc4c(-c4ccc(-c5ccccc5)cc4)c23)cc1.CC(C)(C)c1ccc(-c2c3ccc(C(C)(C)C)cc3c(-c3ccc(C(F)(F)F)cc3)c3c(-c4ccc(C(C)(C)C)cc4)c4ccc(C(C)(C)C)cc4c(-c4ccc(C(F)(F)F)cc4)c23)cc1. The van der Waals surface area contributed by atoms with Crippen LogP contribution in [-0.4, -0.2) is 0 Å². The van der Waals surface area contributed by atoms with E-state index in [4.69, 9.17) is 0 Å². The predicted molar refractivity (Wildman–Crippen MR) is 572 cm³/mol. The van der Waals surface area contributed by atoms with Crippen LogP contribution in [0, 0.1) is 0 Å². The molecule has 0 N–H and O–H groups in total. The summed E-state index contributed by atoms with van der Waals surface area (Å²) in [6.07, 6.45) is -9.11. The summed E-state index contributed by atoms with van der Waals surface area (Å²) in [4.78, 5) is 0. The van der Waals surface area contributed by atoms with Crippen molar-refractivity contribution in [1.82, 2.24) is 0 Å². The van der Waals surface area contributed by atoms with Crippen molar-refractivity contribution in [2.75, 3.05) is 0 Å². The van der Waals surface area contributed by atoms with Gasteiger partial charge in [0.2, 0.25) is 0 Å². The van der Waals surface area contributed by atoms with Gasteiger partial charge in [0.05, 0.1) is 11.1 Å². The molecule has 0 spiro atoms. The number of halogens is 6. The van der Waals surface area contributed by atoms with Gasteiger partial charge in [0.1, 0.15) is 0 Å². The van der Waals surface area contributed by atoms with Crippen molar-refractivity contribution < 1.29 is 26.3 Å². The van der Waals surface area contributed by atoms with E-state index in [1.807, 2.05) is 0 Å². The van der Waals surface area contributed by atoms with E-state index in [9.17, 15) is 26.3 Å². The number of fused-ring (bicyclic) bond motifs is 6. The Balaban J connectivity index is 0.000000189. The van der Waals surface area contributed by atoms with E-state index in [1.165, 1.54) is 121 Å². The van der Waals surface area contributed by atoms with E-state index < -0.39 is 23.5 Å². The van der Waals surface area contributed by atoms with E-state index in [-0.39, 0.29) is 43.3 Å². The highest BCUT2D eigenvalue weighted by molar-refractivity contribution is 6.36. The molecule has 18 aromatic carbocycles. The smallest absolute Gasteiger partial charge is 0.166 e.